The van der Waals surface area contributed by atoms with Gasteiger partial charge >= 0.3 is 5.97 Å². The fraction of sp³-hybridized carbons (Fsp3) is 0.900. The van der Waals surface area contributed by atoms with E-state index in [1.165, 1.54) is 38.5 Å². The maximum atomic E-state index is 12.0. The SMILES string of the molecule is C=C(C(=O)O)[C@@H]1CC[C@]2(C)CC[C@]3(C)[C@H](CC[C@@H]4[C@@]5(C)CC[C@H](O)C(C)(C)[C@@H]5CC[C@]43C)[C@@H]12. The van der Waals surface area contributed by atoms with Crippen LogP contribution in [0.15, 0.2) is 12.2 Å². The van der Waals surface area contributed by atoms with Gasteiger partial charge in [0.1, 0.15) is 0 Å². The summed E-state index contributed by atoms with van der Waals surface area (Å²) in [5.74, 6) is 1.71. The molecule has 33 heavy (non-hydrogen) atoms. The average molecular weight is 457 g/mol. The van der Waals surface area contributed by atoms with Gasteiger partial charge in [-0.1, -0.05) is 48.1 Å². The summed E-state index contributed by atoms with van der Waals surface area (Å²) in [5, 5.41) is 20.7. The highest BCUT2D eigenvalue weighted by atomic mass is 16.4. The highest BCUT2D eigenvalue weighted by molar-refractivity contribution is 5.86. The van der Waals surface area contributed by atoms with Gasteiger partial charge in [-0.05, 0) is 121 Å². The Morgan fingerprint density at radius 2 is 1.48 bits per heavy atom. The van der Waals surface area contributed by atoms with E-state index in [1.807, 2.05) is 0 Å². The molecule has 0 aromatic heterocycles. The van der Waals surface area contributed by atoms with E-state index in [-0.39, 0.29) is 28.3 Å². The molecular weight excluding hydrogens is 408 g/mol. The second kappa shape index (κ2) is 7.11. The molecule has 0 bridgehead atoms. The topological polar surface area (TPSA) is 57.5 Å². The van der Waals surface area contributed by atoms with Crippen molar-refractivity contribution in [2.45, 2.75) is 112 Å². The lowest BCUT2D eigenvalue weighted by molar-refractivity contribution is -0.246. The quantitative estimate of drug-likeness (QED) is 0.436. The molecule has 0 radical (unpaired) electrons. The van der Waals surface area contributed by atoms with Crippen molar-refractivity contribution in [3.63, 3.8) is 0 Å². The molecule has 3 heteroatoms. The molecule has 10 atom stereocenters. The summed E-state index contributed by atoms with van der Waals surface area (Å²) < 4.78 is 0. The van der Waals surface area contributed by atoms with Crippen LogP contribution < -0.4 is 0 Å². The first-order chi connectivity index (χ1) is 15.2. The lowest BCUT2D eigenvalue weighted by Gasteiger charge is -2.72. The summed E-state index contributed by atoms with van der Waals surface area (Å²) in [7, 11) is 0. The average Bonchev–Trinajstić information content (AvgIpc) is 3.08. The lowest BCUT2D eigenvalue weighted by Crippen LogP contribution is -2.66. The van der Waals surface area contributed by atoms with Crippen LogP contribution in [0.1, 0.15) is 106 Å². The van der Waals surface area contributed by atoms with Gasteiger partial charge in [-0.3, -0.25) is 0 Å². The van der Waals surface area contributed by atoms with Crippen molar-refractivity contribution >= 4 is 5.97 Å². The predicted octanol–water partition coefficient (Wildman–Crippen LogP) is 7.09. The third-order valence-corrected chi connectivity index (χ3v) is 13.6. The van der Waals surface area contributed by atoms with Crippen molar-refractivity contribution in [2.75, 3.05) is 0 Å². The third kappa shape index (κ3) is 2.87. The van der Waals surface area contributed by atoms with E-state index in [0.717, 1.165) is 25.7 Å². The monoisotopic (exact) mass is 456 g/mol. The number of fused-ring (bicyclic) bond motifs is 7. The molecule has 186 valence electrons. The van der Waals surface area contributed by atoms with Crippen molar-refractivity contribution in [3.8, 4) is 0 Å². The summed E-state index contributed by atoms with van der Waals surface area (Å²) in [6, 6.07) is 0. The Morgan fingerprint density at radius 3 is 2.15 bits per heavy atom. The molecule has 5 aliphatic rings. The minimum Gasteiger partial charge on any atom is -0.478 e. The van der Waals surface area contributed by atoms with Crippen LogP contribution in [0, 0.1) is 56.7 Å². The van der Waals surface area contributed by atoms with Crippen LogP contribution in [0.5, 0.6) is 0 Å². The molecule has 3 nitrogen and oxygen atoms in total. The van der Waals surface area contributed by atoms with E-state index in [1.54, 1.807) is 0 Å². The van der Waals surface area contributed by atoms with Crippen LogP contribution in [-0.4, -0.2) is 22.3 Å². The zero-order valence-electron chi connectivity index (χ0n) is 22.0. The minimum atomic E-state index is -0.785. The van der Waals surface area contributed by atoms with Crippen molar-refractivity contribution < 1.29 is 15.0 Å². The van der Waals surface area contributed by atoms with E-state index >= 15 is 0 Å². The zero-order valence-corrected chi connectivity index (χ0v) is 22.0. The predicted molar refractivity (Wildman–Crippen MR) is 133 cm³/mol. The molecule has 5 rings (SSSR count). The van der Waals surface area contributed by atoms with Crippen LogP contribution in [0.2, 0.25) is 0 Å². The summed E-state index contributed by atoms with van der Waals surface area (Å²) in [4.78, 5) is 12.0. The molecule has 5 fully saturated rings. The second-order valence-electron chi connectivity index (χ2n) is 14.7. The first-order valence-electron chi connectivity index (χ1n) is 13.8. The Hall–Kier alpha value is -0.830. The highest BCUT2D eigenvalue weighted by Crippen LogP contribution is 2.77. The van der Waals surface area contributed by atoms with Crippen molar-refractivity contribution in [1.29, 1.82) is 0 Å². The molecule has 0 spiro atoms. The number of carboxylic acid groups (broad SMARTS) is 1. The molecule has 0 aromatic rings. The lowest BCUT2D eigenvalue weighted by atomic mass is 9.32. The van der Waals surface area contributed by atoms with E-state index < -0.39 is 5.97 Å². The van der Waals surface area contributed by atoms with Crippen LogP contribution in [0.25, 0.3) is 0 Å². The third-order valence-electron chi connectivity index (χ3n) is 13.6. The van der Waals surface area contributed by atoms with Gasteiger partial charge in [0.2, 0.25) is 0 Å². The van der Waals surface area contributed by atoms with E-state index in [0.29, 0.717) is 40.1 Å². The van der Waals surface area contributed by atoms with Crippen molar-refractivity contribution in [1.82, 2.24) is 0 Å². The molecule has 0 aromatic carbocycles. The minimum absolute atomic E-state index is 0.00695. The van der Waals surface area contributed by atoms with Gasteiger partial charge in [0.25, 0.3) is 0 Å². The summed E-state index contributed by atoms with van der Waals surface area (Å²) in [6.07, 6.45) is 11.6. The number of rotatable bonds is 2. The van der Waals surface area contributed by atoms with Gasteiger partial charge in [-0.25, -0.2) is 4.79 Å². The van der Waals surface area contributed by atoms with Crippen molar-refractivity contribution in [2.24, 2.45) is 56.7 Å². The van der Waals surface area contributed by atoms with Crippen LogP contribution in [0.3, 0.4) is 0 Å². The summed E-state index contributed by atoms with van der Waals surface area (Å²) >= 11 is 0. The second-order valence-corrected chi connectivity index (χ2v) is 14.7. The van der Waals surface area contributed by atoms with Crippen LogP contribution >= 0.6 is 0 Å². The van der Waals surface area contributed by atoms with Crippen LogP contribution in [-0.2, 0) is 4.79 Å². The first kappa shape index (κ1) is 23.9. The maximum Gasteiger partial charge on any atom is 0.331 e. The Balaban J connectivity index is 1.54. The molecule has 0 amide bonds. The molecule has 5 saturated carbocycles. The molecular formula is C30H48O3. The van der Waals surface area contributed by atoms with Gasteiger partial charge in [0.15, 0.2) is 0 Å². The molecule has 0 aliphatic heterocycles. The number of aliphatic carboxylic acids is 1. The number of aliphatic hydroxyl groups is 1. The first-order valence-corrected chi connectivity index (χ1v) is 13.8. The number of hydrogen-bond acceptors (Lipinski definition) is 2. The van der Waals surface area contributed by atoms with E-state index in [9.17, 15) is 15.0 Å². The summed E-state index contributed by atoms with van der Waals surface area (Å²) in [5.41, 5.74) is 1.58. The summed E-state index contributed by atoms with van der Waals surface area (Å²) in [6.45, 7) is 19.0. The van der Waals surface area contributed by atoms with Gasteiger partial charge in [0.05, 0.1) is 6.10 Å². The maximum absolute atomic E-state index is 12.0. The fourth-order valence-electron chi connectivity index (χ4n) is 11.5. The van der Waals surface area contributed by atoms with Gasteiger partial charge in [0, 0.05) is 5.57 Å². The van der Waals surface area contributed by atoms with Gasteiger partial charge < -0.3 is 10.2 Å². The van der Waals surface area contributed by atoms with Crippen LogP contribution in [0.4, 0.5) is 0 Å². The van der Waals surface area contributed by atoms with Gasteiger partial charge in [-0.15, -0.1) is 0 Å². The number of carbonyl (C=O) groups is 1. The van der Waals surface area contributed by atoms with E-state index in [4.69, 9.17) is 0 Å². The smallest absolute Gasteiger partial charge is 0.331 e. The Bertz CT molecular complexity index is 861. The fourth-order valence-corrected chi connectivity index (χ4v) is 11.5. The Kier molecular flexibility index (Phi) is 5.15. The highest BCUT2D eigenvalue weighted by Gasteiger charge is 2.70. The number of hydrogen-bond donors (Lipinski definition) is 2. The Labute approximate surface area is 201 Å². The molecule has 2 N–H and O–H groups in total. The zero-order chi connectivity index (χ0) is 24.2. The molecule has 0 saturated heterocycles. The largest absolute Gasteiger partial charge is 0.478 e. The van der Waals surface area contributed by atoms with E-state index in [2.05, 4.69) is 48.1 Å². The van der Waals surface area contributed by atoms with Gasteiger partial charge in [-0.2, -0.15) is 0 Å². The number of carboxylic acids is 1. The standard InChI is InChI=1S/C30H48O3/c1-18(25(32)33)19-10-13-27(4)16-17-29(6)20(24(19)27)8-9-22-28(5)14-12-23(31)26(2,3)21(28)11-15-30(22,29)7/h19-24,31H,1,8-17H2,2-7H3,(H,32,33)/t19-,20+,21-,22+,23-,24+,27+,28-,29+,30+/m0/s1. The number of aliphatic hydroxyl groups excluding tert-OH is 1. The van der Waals surface area contributed by atoms with Crippen molar-refractivity contribution in [3.05, 3.63) is 12.2 Å². The Morgan fingerprint density at radius 1 is 0.788 bits per heavy atom. The molecule has 0 unspecified atom stereocenters. The molecule has 0 heterocycles. The molecule has 5 aliphatic carbocycles. The normalized spacial score (nSPS) is 55.0.